The second-order valence-electron chi connectivity index (χ2n) is 5.92. The van der Waals surface area contributed by atoms with Crippen LogP contribution in [0.1, 0.15) is 34.0 Å². The number of nitrogens with one attached hydrogen (secondary N) is 2. The molecule has 2 aromatic rings. The Morgan fingerprint density at radius 3 is 2.48 bits per heavy atom. The highest BCUT2D eigenvalue weighted by molar-refractivity contribution is 5.94. The summed E-state index contributed by atoms with van der Waals surface area (Å²) in [7, 11) is 0. The molecule has 0 bridgehead atoms. The summed E-state index contributed by atoms with van der Waals surface area (Å²) in [6.45, 7) is 6.63. The monoisotopic (exact) mass is 312 g/mol. The maximum absolute atomic E-state index is 11.9. The van der Waals surface area contributed by atoms with Gasteiger partial charge in [-0.2, -0.15) is 0 Å². The molecule has 0 spiro atoms. The van der Waals surface area contributed by atoms with Crippen LogP contribution in [0.2, 0.25) is 0 Å². The number of anilines is 1. The standard InChI is InChI=1S/C19H24N2O2/c1-13-4-5-14(2)17(10-13)11-20-18-8-6-16(7-9-18)19(23)21-15(3)12-22/h4-10,15,20,22H,11-12H2,1-3H3,(H,21,23). The lowest BCUT2D eigenvalue weighted by Crippen LogP contribution is -2.34. The molecule has 0 aliphatic carbocycles. The molecule has 122 valence electrons. The molecule has 0 radical (unpaired) electrons. The number of benzene rings is 2. The van der Waals surface area contributed by atoms with Crippen LogP contribution in [0.3, 0.4) is 0 Å². The first-order valence-corrected chi connectivity index (χ1v) is 7.81. The summed E-state index contributed by atoms with van der Waals surface area (Å²) in [4.78, 5) is 11.9. The quantitative estimate of drug-likeness (QED) is 0.768. The minimum Gasteiger partial charge on any atom is -0.394 e. The smallest absolute Gasteiger partial charge is 0.251 e. The van der Waals surface area contributed by atoms with Crippen LogP contribution in [0.4, 0.5) is 5.69 Å². The Kier molecular flexibility index (Phi) is 5.77. The highest BCUT2D eigenvalue weighted by Crippen LogP contribution is 2.15. The van der Waals surface area contributed by atoms with Crippen LogP contribution < -0.4 is 10.6 Å². The average molecular weight is 312 g/mol. The van der Waals surface area contributed by atoms with Crippen molar-refractivity contribution in [1.82, 2.24) is 5.32 Å². The van der Waals surface area contributed by atoms with Crippen LogP contribution in [0.15, 0.2) is 42.5 Å². The Morgan fingerprint density at radius 2 is 1.83 bits per heavy atom. The van der Waals surface area contributed by atoms with E-state index in [2.05, 4.69) is 42.7 Å². The molecule has 0 fully saturated rings. The molecule has 23 heavy (non-hydrogen) atoms. The summed E-state index contributed by atoms with van der Waals surface area (Å²) < 4.78 is 0. The van der Waals surface area contributed by atoms with Gasteiger partial charge in [0.05, 0.1) is 6.61 Å². The van der Waals surface area contributed by atoms with E-state index in [1.807, 2.05) is 12.1 Å². The second kappa shape index (κ2) is 7.79. The molecule has 0 heterocycles. The van der Waals surface area contributed by atoms with Gasteiger partial charge in [0, 0.05) is 23.8 Å². The normalized spacial score (nSPS) is 11.8. The van der Waals surface area contributed by atoms with Gasteiger partial charge < -0.3 is 15.7 Å². The van der Waals surface area contributed by atoms with Crippen LogP contribution in [0.5, 0.6) is 0 Å². The Morgan fingerprint density at radius 1 is 1.13 bits per heavy atom. The number of amides is 1. The number of aliphatic hydroxyl groups is 1. The van der Waals surface area contributed by atoms with E-state index in [1.54, 1.807) is 19.1 Å². The molecule has 1 amide bonds. The van der Waals surface area contributed by atoms with Crippen LogP contribution in [0.25, 0.3) is 0 Å². The summed E-state index contributed by atoms with van der Waals surface area (Å²) in [5, 5.41) is 15.1. The topological polar surface area (TPSA) is 61.4 Å². The molecule has 0 aromatic heterocycles. The summed E-state index contributed by atoms with van der Waals surface area (Å²) in [6.07, 6.45) is 0. The summed E-state index contributed by atoms with van der Waals surface area (Å²) >= 11 is 0. The SMILES string of the molecule is Cc1ccc(C)c(CNc2ccc(C(=O)NC(C)CO)cc2)c1. The number of aryl methyl sites for hydroxylation is 2. The van der Waals surface area contributed by atoms with Crippen molar-refractivity contribution in [3.63, 3.8) is 0 Å². The predicted octanol–water partition coefficient (Wildman–Crippen LogP) is 3.03. The molecule has 3 N–H and O–H groups in total. The first-order chi connectivity index (χ1) is 11.0. The van der Waals surface area contributed by atoms with E-state index >= 15 is 0 Å². The Bertz CT molecular complexity index is 666. The van der Waals surface area contributed by atoms with Crippen molar-refractivity contribution in [2.45, 2.75) is 33.4 Å². The van der Waals surface area contributed by atoms with Crippen molar-refractivity contribution < 1.29 is 9.90 Å². The van der Waals surface area contributed by atoms with Gasteiger partial charge in [-0.25, -0.2) is 0 Å². The zero-order valence-corrected chi connectivity index (χ0v) is 13.9. The third-order valence-electron chi connectivity index (χ3n) is 3.79. The van der Waals surface area contributed by atoms with E-state index < -0.39 is 0 Å². The molecule has 1 atom stereocenters. The maximum atomic E-state index is 11.9. The molecule has 4 heteroatoms. The minimum absolute atomic E-state index is 0.0682. The van der Waals surface area contributed by atoms with Gasteiger partial charge in [0.1, 0.15) is 0 Å². The largest absolute Gasteiger partial charge is 0.394 e. The van der Waals surface area contributed by atoms with E-state index in [0.29, 0.717) is 5.56 Å². The molecular formula is C19H24N2O2. The molecule has 0 aliphatic heterocycles. The summed E-state index contributed by atoms with van der Waals surface area (Å²) in [6, 6.07) is 13.5. The highest BCUT2D eigenvalue weighted by Gasteiger charge is 2.08. The average Bonchev–Trinajstić information content (AvgIpc) is 2.56. The van der Waals surface area contributed by atoms with Gasteiger partial charge in [0.15, 0.2) is 0 Å². The molecule has 1 unspecified atom stereocenters. The Balaban J connectivity index is 1.97. The van der Waals surface area contributed by atoms with Gasteiger partial charge in [-0.05, 0) is 56.2 Å². The first-order valence-electron chi connectivity index (χ1n) is 7.81. The van der Waals surface area contributed by atoms with Gasteiger partial charge in [-0.3, -0.25) is 4.79 Å². The van der Waals surface area contributed by atoms with E-state index in [0.717, 1.165) is 12.2 Å². The van der Waals surface area contributed by atoms with E-state index in [-0.39, 0.29) is 18.6 Å². The molecule has 0 aliphatic rings. The van der Waals surface area contributed by atoms with Crippen molar-refractivity contribution >= 4 is 11.6 Å². The molecule has 0 saturated carbocycles. The van der Waals surface area contributed by atoms with E-state index in [9.17, 15) is 4.79 Å². The summed E-state index contributed by atoms with van der Waals surface area (Å²) in [5.41, 5.74) is 5.33. The third-order valence-corrected chi connectivity index (χ3v) is 3.79. The third kappa shape index (κ3) is 4.83. The molecule has 4 nitrogen and oxygen atoms in total. The van der Waals surface area contributed by atoms with Crippen LogP contribution in [-0.2, 0) is 6.54 Å². The van der Waals surface area contributed by atoms with Gasteiger partial charge >= 0.3 is 0 Å². The van der Waals surface area contributed by atoms with E-state index in [4.69, 9.17) is 5.11 Å². The molecule has 2 rings (SSSR count). The van der Waals surface area contributed by atoms with Gasteiger partial charge in [-0.1, -0.05) is 23.8 Å². The minimum atomic E-state index is -0.246. The number of hydrogen-bond acceptors (Lipinski definition) is 3. The molecule has 0 saturated heterocycles. The number of aliphatic hydroxyl groups excluding tert-OH is 1. The first kappa shape index (κ1) is 17.0. The van der Waals surface area contributed by atoms with Gasteiger partial charge in [0.2, 0.25) is 0 Å². The van der Waals surface area contributed by atoms with Crippen molar-refractivity contribution in [3.05, 3.63) is 64.7 Å². The highest BCUT2D eigenvalue weighted by atomic mass is 16.3. The van der Waals surface area contributed by atoms with Crippen molar-refractivity contribution in [2.24, 2.45) is 0 Å². The van der Waals surface area contributed by atoms with Crippen LogP contribution >= 0.6 is 0 Å². The predicted molar refractivity (Wildman–Crippen MR) is 93.7 cm³/mol. The van der Waals surface area contributed by atoms with Gasteiger partial charge in [0.25, 0.3) is 5.91 Å². The lowest BCUT2D eigenvalue weighted by Gasteiger charge is -2.12. The molecular weight excluding hydrogens is 288 g/mol. The fraction of sp³-hybridized carbons (Fsp3) is 0.316. The number of hydrogen-bond donors (Lipinski definition) is 3. The zero-order chi connectivity index (χ0) is 16.8. The van der Waals surface area contributed by atoms with E-state index in [1.165, 1.54) is 16.7 Å². The fourth-order valence-corrected chi connectivity index (χ4v) is 2.28. The van der Waals surface area contributed by atoms with Crippen molar-refractivity contribution in [3.8, 4) is 0 Å². The van der Waals surface area contributed by atoms with Crippen molar-refractivity contribution in [1.29, 1.82) is 0 Å². The summed E-state index contributed by atoms with van der Waals surface area (Å²) in [5.74, 6) is -0.173. The Labute approximate surface area is 137 Å². The van der Waals surface area contributed by atoms with Crippen molar-refractivity contribution in [2.75, 3.05) is 11.9 Å². The second-order valence-corrected chi connectivity index (χ2v) is 5.92. The van der Waals surface area contributed by atoms with Crippen LogP contribution in [0, 0.1) is 13.8 Å². The lowest BCUT2D eigenvalue weighted by atomic mass is 10.1. The number of carbonyl (C=O) groups excluding carboxylic acids is 1. The maximum Gasteiger partial charge on any atom is 0.251 e. The zero-order valence-electron chi connectivity index (χ0n) is 13.9. The van der Waals surface area contributed by atoms with Gasteiger partial charge in [-0.15, -0.1) is 0 Å². The Hall–Kier alpha value is -2.33. The van der Waals surface area contributed by atoms with Crippen LogP contribution in [-0.4, -0.2) is 23.7 Å². The molecule has 2 aromatic carbocycles. The number of rotatable bonds is 6. The fourth-order valence-electron chi connectivity index (χ4n) is 2.28. The lowest BCUT2D eigenvalue weighted by molar-refractivity contribution is 0.0922. The number of carbonyl (C=O) groups is 1.